The van der Waals surface area contributed by atoms with Crippen LogP contribution < -0.4 is 0 Å². The highest BCUT2D eigenvalue weighted by atomic mass is 35.5. The number of hydrogen-bond acceptors (Lipinski definition) is 4. The molecular weight excluding hydrogens is 358 g/mol. The van der Waals surface area contributed by atoms with Crippen molar-refractivity contribution in [1.29, 1.82) is 0 Å². The molecule has 132 valence electrons. The molecule has 0 fully saturated rings. The summed E-state index contributed by atoms with van der Waals surface area (Å²) in [7, 11) is 0. The molecule has 0 radical (unpaired) electrons. The lowest BCUT2D eigenvalue weighted by atomic mass is 10.1. The van der Waals surface area contributed by atoms with Crippen molar-refractivity contribution >= 4 is 11.6 Å². The summed E-state index contributed by atoms with van der Waals surface area (Å²) in [4.78, 5) is 13.8. The summed E-state index contributed by atoms with van der Waals surface area (Å²) in [6.07, 6.45) is 0. The van der Waals surface area contributed by atoms with Gasteiger partial charge >= 0.3 is 0 Å². The van der Waals surface area contributed by atoms with Crippen LogP contribution in [-0.4, -0.2) is 20.1 Å². The predicted molar refractivity (Wildman–Crippen MR) is 108 cm³/mol. The monoisotopic (exact) mass is 373 g/mol. The summed E-state index contributed by atoms with van der Waals surface area (Å²) in [5.74, 6) is 1.59. The standard InChI is InChI=1S/C22H16ClN3O/c1-14-10-11-18(19(27)12-14)22-25-20(15-6-3-2-4-7-15)24-21(26-22)16-8-5-9-17(23)13-16/h2-13,27H,1H3. The van der Waals surface area contributed by atoms with Crippen LogP contribution in [0.4, 0.5) is 0 Å². The molecule has 1 heterocycles. The molecule has 4 rings (SSSR count). The van der Waals surface area contributed by atoms with Crippen LogP contribution in [0.2, 0.25) is 5.02 Å². The molecule has 0 aliphatic carbocycles. The Kier molecular flexibility index (Phi) is 4.57. The van der Waals surface area contributed by atoms with E-state index in [0.717, 1.165) is 16.7 Å². The van der Waals surface area contributed by atoms with E-state index in [1.807, 2.05) is 67.6 Å². The van der Waals surface area contributed by atoms with E-state index < -0.39 is 0 Å². The second-order valence-corrected chi connectivity index (χ2v) is 6.64. The van der Waals surface area contributed by atoms with Gasteiger partial charge in [0.1, 0.15) is 5.75 Å². The number of benzene rings is 3. The quantitative estimate of drug-likeness (QED) is 0.512. The molecule has 27 heavy (non-hydrogen) atoms. The zero-order valence-electron chi connectivity index (χ0n) is 14.6. The molecule has 5 heteroatoms. The van der Waals surface area contributed by atoms with E-state index in [-0.39, 0.29) is 5.75 Å². The number of aromatic hydroxyl groups is 1. The van der Waals surface area contributed by atoms with Gasteiger partial charge in [-0.1, -0.05) is 60.1 Å². The highest BCUT2D eigenvalue weighted by Crippen LogP contribution is 2.30. The summed E-state index contributed by atoms with van der Waals surface area (Å²) in [5, 5.41) is 11.0. The van der Waals surface area contributed by atoms with Gasteiger partial charge in [0.15, 0.2) is 17.5 Å². The highest BCUT2D eigenvalue weighted by Gasteiger charge is 2.14. The number of phenols is 1. The minimum Gasteiger partial charge on any atom is -0.507 e. The Morgan fingerprint density at radius 3 is 2.07 bits per heavy atom. The molecule has 1 aromatic heterocycles. The maximum atomic E-state index is 10.4. The van der Waals surface area contributed by atoms with E-state index >= 15 is 0 Å². The third-order valence-electron chi connectivity index (χ3n) is 4.14. The number of hydrogen-bond donors (Lipinski definition) is 1. The van der Waals surface area contributed by atoms with E-state index in [1.165, 1.54) is 0 Å². The van der Waals surface area contributed by atoms with Crippen molar-refractivity contribution in [2.75, 3.05) is 0 Å². The largest absolute Gasteiger partial charge is 0.507 e. The van der Waals surface area contributed by atoms with Gasteiger partial charge in [-0.15, -0.1) is 0 Å². The van der Waals surface area contributed by atoms with Gasteiger partial charge in [0.25, 0.3) is 0 Å². The highest BCUT2D eigenvalue weighted by molar-refractivity contribution is 6.30. The third-order valence-corrected chi connectivity index (χ3v) is 4.38. The zero-order chi connectivity index (χ0) is 18.8. The number of halogens is 1. The Hall–Kier alpha value is -3.24. The molecule has 1 N–H and O–H groups in total. The molecule has 0 atom stereocenters. The predicted octanol–water partition coefficient (Wildman–Crippen LogP) is 5.54. The lowest BCUT2D eigenvalue weighted by Crippen LogP contribution is -2.00. The Balaban J connectivity index is 1.94. The first kappa shape index (κ1) is 17.2. The van der Waals surface area contributed by atoms with Gasteiger partial charge in [-0.3, -0.25) is 0 Å². The molecule has 0 spiro atoms. The lowest BCUT2D eigenvalue weighted by molar-refractivity contribution is 0.476. The molecule has 0 amide bonds. The summed E-state index contributed by atoms with van der Waals surface area (Å²) >= 11 is 6.14. The zero-order valence-corrected chi connectivity index (χ0v) is 15.4. The SMILES string of the molecule is Cc1ccc(-c2nc(-c3ccccc3)nc(-c3cccc(Cl)c3)n2)c(O)c1. The molecule has 0 aliphatic heterocycles. The summed E-state index contributed by atoms with van der Waals surface area (Å²) in [6.45, 7) is 1.92. The van der Waals surface area contributed by atoms with Crippen molar-refractivity contribution in [2.45, 2.75) is 6.92 Å². The van der Waals surface area contributed by atoms with Crippen LogP contribution >= 0.6 is 11.6 Å². The normalized spacial score (nSPS) is 10.7. The van der Waals surface area contributed by atoms with E-state index in [0.29, 0.717) is 28.1 Å². The fourth-order valence-corrected chi connectivity index (χ4v) is 2.99. The van der Waals surface area contributed by atoms with Gasteiger partial charge < -0.3 is 5.11 Å². The third kappa shape index (κ3) is 3.66. The fraction of sp³-hybridized carbons (Fsp3) is 0.0455. The Morgan fingerprint density at radius 2 is 1.37 bits per heavy atom. The minimum absolute atomic E-state index is 0.136. The first-order valence-corrected chi connectivity index (χ1v) is 8.85. The van der Waals surface area contributed by atoms with Crippen LogP contribution in [0, 0.1) is 6.92 Å². The average molecular weight is 374 g/mol. The smallest absolute Gasteiger partial charge is 0.167 e. The molecule has 0 saturated carbocycles. The van der Waals surface area contributed by atoms with Crippen LogP contribution in [0.25, 0.3) is 34.2 Å². The molecule has 0 aliphatic rings. The van der Waals surface area contributed by atoms with Crippen LogP contribution in [-0.2, 0) is 0 Å². The number of aromatic nitrogens is 3. The topological polar surface area (TPSA) is 58.9 Å². The maximum Gasteiger partial charge on any atom is 0.167 e. The number of rotatable bonds is 3. The van der Waals surface area contributed by atoms with Crippen molar-refractivity contribution in [2.24, 2.45) is 0 Å². The van der Waals surface area contributed by atoms with Crippen LogP contribution in [0.5, 0.6) is 5.75 Å². The van der Waals surface area contributed by atoms with Gasteiger partial charge in [-0.2, -0.15) is 0 Å². The van der Waals surface area contributed by atoms with Gasteiger partial charge in [-0.05, 0) is 36.8 Å². The van der Waals surface area contributed by atoms with E-state index in [2.05, 4.69) is 15.0 Å². The Bertz CT molecular complexity index is 1110. The number of aryl methyl sites for hydroxylation is 1. The molecule has 0 bridgehead atoms. The van der Waals surface area contributed by atoms with Crippen molar-refractivity contribution in [3.05, 3.63) is 83.4 Å². The van der Waals surface area contributed by atoms with E-state index in [9.17, 15) is 5.11 Å². The number of nitrogens with zero attached hydrogens (tertiary/aromatic N) is 3. The second-order valence-electron chi connectivity index (χ2n) is 6.20. The van der Waals surface area contributed by atoms with Crippen molar-refractivity contribution < 1.29 is 5.11 Å². The molecule has 4 nitrogen and oxygen atoms in total. The van der Waals surface area contributed by atoms with E-state index in [4.69, 9.17) is 11.6 Å². The molecule has 0 saturated heterocycles. The van der Waals surface area contributed by atoms with Crippen LogP contribution in [0.3, 0.4) is 0 Å². The molecule has 4 aromatic rings. The van der Waals surface area contributed by atoms with Gasteiger partial charge in [0, 0.05) is 16.1 Å². The average Bonchev–Trinajstić information content (AvgIpc) is 2.68. The fourth-order valence-electron chi connectivity index (χ4n) is 2.80. The van der Waals surface area contributed by atoms with Crippen molar-refractivity contribution in [1.82, 2.24) is 15.0 Å². The van der Waals surface area contributed by atoms with Gasteiger partial charge in [0.05, 0.1) is 5.56 Å². The lowest BCUT2D eigenvalue weighted by Gasteiger charge is -2.10. The van der Waals surface area contributed by atoms with Crippen LogP contribution in [0.1, 0.15) is 5.56 Å². The summed E-state index contributed by atoms with van der Waals surface area (Å²) in [6, 6.07) is 22.5. The first-order chi connectivity index (χ1) is 13.1. The maximum absolute atomic E-state index is 10.4. The van der Waals surface area contributed by atoms with Crippen LogP contribution in [0.15, 0.2) is 72.8 Å². The van der Waals surface area contributed by atoms with Crippen molar-refractivity contribution in [3.8, 4) is 39.9 Å². The van der Waals surface area contributed by atoms with Gasteiger partial charge in [0.2, 0.25) is 0 Å². The molecule has 3 aromatic carbocycles. The minimum atomic E-state index is 0.136. The second kappa shape index (κ2) is 7.17. The van der Waals surface area contributed by atoms with Gasteiger partial charge in [-0.25, -0.2) is 15.0 Å². The first-order valence-electron chi connectivity index (χ1n) is 8.47. The Labute approximate surface area is 162 Å². The number of phenolic OH excluding ortho intramolecular Hbond substituents is 1. The molecular formula is C22H16ClN3O. The Morgan fingerprint density at radius 1 is 0.704 bits per heavy atom. The summed E-state index contributed by atoms with van der Waals surface area (Å²) in [5.41, 5.74) is 3.18. The molecule has 0 unspecified atom stereocenters. The van der Waals surface area contributed by atoms with E-state index in [1.54, 1.807) is 12.1 Å². The summed E-state index contributed by atoms with van der Waals surface area (Å²) < 4.78 is 0. The van der Waals surface area contributed by atoms with Crippen molar-refractivity contribution in [3.63, 3.8) is 0 Å².